The van der Waals surface area contributed by atoms with E-state index in [9.17, 15) is 14.4 Å². The van der Waals surface area contributed by atoms with Gasteiger partial charge in [-0.3, -0.25) is 14.4 Å². The lowest BCUT2D eigenvalue weighted by Gasteiger charge is -2.08. The number of nitrogens with one attached hydrogen (secondary N) is 2. The van der Waals surface area contributed by atoms with Crippen LogP contribution in [0.5, 0.6) is 0 Å². The topological polar surface area (TPSA) is 84.5 Å². The number of carbonyl (C=O) groups is 3. The predicted octanol–water partition coefficient (Wildman–Crippen LogP) is 3.31. The first-order valence-corrected chi connectivity index (χ1v) is 9.26. The van der Waals surface area contributed by atoms with Crippen LogP contribution in [-0.4, -0.2) is 31.4 Å². The number of benzene rings is 2. The van der Waals surface area contributed by atoms with E-state index in [1.165, 1.54) is 7.11 Å². The first-order chi connectivity index (χ1) is 13.0. The van der Waals surface area contributed by atoms with Gasteiger partial charge in [0.05, 0.1) is 13.5 Å². The highest BCUT2D eigenvalue weighted by Crippen LogP contribution is 2.14. The third kappa shape index (κ3) is 7.22. The fourth-order valence-corrected chi connectivity index (χ4v) is 2.81. The van der Waals surface area contributed by atoms with E-state index in [1.807, 2.05) is 24.3 Å². The zero-order valence-corrected chi connectivity index (χ0v) is 16.5. The van der Waals surface area contributed by atoms with Crippen LogP contribution in [0, 0.1) is 0 Å². The normalized spacial score (nSPS) is 10.1. The van der Waals surface area contributed by atoms with Crippen molar-refractivity contribution in [2.45, 2.75) is 19.3 Å². The van der Waals surface area contributed by atoms with Crippen molar-refractivity contribution < 1.29 is 19.1 Å². The summed E-state index contributed by atoms with van der Waals surface area (Å²) in [7, 11) is 1.30. The number of esters is 1. The maximum Gasteiger partial charge on any atom is 0.307 e. The van der Waals surface area contributed by atoms with Crippen LogP contribution in [0.2, 0.25) is 0 Å². The minimum absolute atomic E-state index is 0.0924. The van der Waals surface area contributed by atoms with E-state index < -0.39 is 0 Å². The van der Waals surface area contributed by atoms with Gasteiger partial charge in [-0.1, -0.05) is 28.1 Å². The van der Waals surface area contributed by atoms with Gasteiger partial charge in [0.25, 0.3) is 5.91 Å². The summed E-state index contributed by atoms with van der Waals surface area (Å²) in [6.07, 6.45) is 1.13. The Morgan fingerprint density at radius 3 is 2.44 bits per heavy atom. The smallest absolute Gasteiger partial charge is 0.307 e. The molecule has 2 aromatic carbocycles. The fourth-order valence-electron chi connectivity index (χ4n) is 2.36. The molecule has 0 aliphatic carbocycles. The number of hydrogen-bond acceptors (Lipinski definition) is 4. The van der Waals surface area contributed by atoms with Crippen molar-refractivity contribution in [1.29, 1.82) is 0 Å². The third-order valence-corrected chi connectivity index (χ3v) is 4.30. The molecule has 0 saturated heterocycles. The fraction of sp³-hybridized carbons (Fsp3) is 0.250. The van der Waals surface area contributed by atoms with E-state index in [0.717, 1.165) is 10.0 Å². The van der Waals surface area contributed by atoms with Crippen LogP contribution in [0.25, 0.3) is 0 Å². The highest BCUT2D eigenvalue weighted by Gasteiger charge is 2.08. The van der Waals surface area contributed by atoms with Gasteiger partial charge in [-0.2, -0.15) is 0 Å². The van der Waals surface area contributed by atoms with Gasteiger partial charge in [0, 0.05) is 28.7 Å². The lowest BCUT2D eigenvalue weighted by atomic mass is 10.1. The van der Waals surface area contributed by atoms with Crippen LogP contribution in [0.15, 0.2) is 53.0 Å². The van der Waals surface area contributed by atoms with Gasteiger partial charge < -0.3 is 15.4 Å². The monoisotopic (exact) mass is 432 g/mol. The Kier molecular flexibility index (Phi) is 8.00. The highest BCUT2D eigenvalue weighted by molar-refractivity contribution is 9.10. The van der Waals surface area contributed by atoms with E-state index in [-0.39, 0.29) is 30.7 Å². The molecule has 2 rings (SSSR count). The molecule has 0 unspecified atom stereocenters. The van der Waals surface area contributed by atoms with Crippen LogP contribution in [0.4, 0.5) is 5.69 Å². The van der Waals surface area contributed by atoms with Gasteiger partial charge in [0.2, 0.25) is 5.91 Å². The first-order valence-electron chi connectivity index (χ1n) is 8.47. The van der Waals surface area contributed by atoms with Crippen molar-refractivity contribution in [1.82, 2.24) is 5.32 Å². The van der Waals surface area contributed by atoms with Crippen LogP contribution in [0.3, 0.4) is 0 Å². The second-order valence-corrected chi connectivity index (χ2v) is 6.75. The lowest BCUT2D eigenvalue weighted by Crippen LogP contribution is -2.26. The zero-order chi connectivity index (χ0) is 19.6. The number of halogens is 1. The summed E-state index contributed by atoms with van der Waals surface area (Å²) in [6, 6.07) is 14.4. The Morgan fingerprint density at radius 2 is 1.78 bits per heavy atom. The highest BCUT2D eigenvalue weighted by atomic mass is 79.9. The Morgan fingerprint density at radius 1 is 1.04 bits per heavy atom. The van der Waals surface area contributed by atoms with Crippen molar-refractivity contribution >= 4 is 39.4 Å². The Balaban J connectivity index is 1.79. The molecule has 6 nitrogen and oxygen atoms in total. The molecule has 0 aliphatic rings. The van der Waals surface area contributed by atoms with Crippen molar-refractivity contribution in [3.05, 3.63) is 64.1 Å². The number of rotatable bonds is 8. The maximum absolute atomic E-state index is 12.1. The van der Waals surface area contributed by atoms with Crippen LogP contribution >= 0.6 is 15.9 Å². The molecule has 27 heavy (non-hydrogen) atoms. The summed E-state index contributed by atoms with van der Waals surface area (Å²) in [4.78, 5) is 35.1. The molecule has 2 amide bonds. The number of carbonyl (C=O) groups excluding carboxylic acids is 3. The van der Waals surface area contributed by atoms with E-state index in [0.29, 0.717) is 24.1 Å². The van der Waals surface area contributed by atoms with E-state index in [1.54, 1.807) is 24.3 Å². The molecule has 0 fully saturated rings. The minimum Gasteiger partial charge on any atom is -0.469 e. The van der Waals surface area contributed by atoms with Gasteiger partial charge in [0.1, 0.15) is 0 Å². The number of aryl methyl sites for hydroxylation is 1. The molecule has 142 valence electrons. The molecule has 0 bridgehead atoms. The minimum atomic E-state index is -0.378. The molecule has 0 spiro atoms. The molecular formula is C20H21BrN2O4. The third-order valence-electron chi connectivity index (χ3n) is 3.80. The van der Waals surface area contributed by atoms with Crippen LogP contribution < -0.4 is 10.6 Å². The summed E-state index contributed by atoms with van der Waals surface area (Å²) < 4.78 is 5.50. The van der Waals surface area contributed by atoms with Crippen molar-refractivity contribution in [2.24, 2.45) is 0 Å². The molecule has 0 atom stereocenters. The average Bonchev–Trinajstić information content (AvgIpc) is 2.66. The first kappa shape index (κ1) is 20.6. The molecule has 0 aliphatic heterocycles. The summed E-state index contributed by atoms with van der Waals surface area (Å²) in [5.74, 6) is -0.757. The van der Waals surface area contributed by atoms with Crippen molar-refractivity contribution in [3.8, 4) is 0 Å². The van der Waals surface area contributed by atoms with Crippen LogP contribution in [-0.2, 0) is 20.7 Å². The maximum atomic E-state index is 12.1. The lowest BCUT2D eigenvalue weighted by molar-refractivity contribution is -0.140. The number of methoxy groups -OCH3 is 1. The van der Waals surface area contributed by atoms with E-state index in [4.69, 9.17) is 0 Å². The van der Waals surface area contributed by atoms with E-state index >= 15 is 0 Å². The Labute approximate surface area is 166 Å². The molecule has 2 N–H and O–H groups in total. The zero-order valence-electron chi connectivity index (χ0n) is 15.0. The Bertz CT molecular complexity index is 806. The average molecular weight is 433 g/mol. The van der Waals surface area contributed by atoms with Crippen molar-refractivity contribution in [3.63, 3.8) is 0 Å². The molecule has 0 radical (unpaired) electrons. The number of amides is 2. The second-order valence-electron chi connectivity index (χ2n) is 5.84. The quantitative estimate of drug-likeness (QED) is 0.626. The van der Waals surface area contributed by atoms with Gasteiger partial charge in [-0.15, -0.1) is 0 Å². The van der Waals surface area contributed by atoms with Gasteiger partial charge in [-0.05, 0) is 48.4 Å². The van der Waals surface area contributed by atoms with E-state index in [2.05, 4.69) is 31.3 Å². The summed E-state index contributed by atoms with van der Waals surface area (Å²) in [6.45, 7) is 0.208. The standard InChI is InChI=1S/C20H21BrN2O4/c1-27-19(25)11-12-22-20(26)15-6-8-17(9-7-15)23-18(24)10-5-14-3-2-4-16(21)13-14/h2-4,6-9,13H,5,10-12H2,1H3,(H,22,26)(H,23,24). The molecule has 0 saturated carbocycles. The van der Waals surface area contributed by atoms with Gasteiger partial charge in [-0.25, -0.2) is 0 Å². The largest absolute Gasteiger partial charge is 0.469 e. The number of ether oxygens (including phenoxy) is 1. The predicted molar refractivity (Wildman–Crippen MR) is 107 cm³/mol. The Hall–Kier alpha value is -2.67. The molecular weight excluding hydrogens is 412 g/mol. The molecule has 0 aromatic heterocycles. The SMILES string of the molecule is COC(=O)CCNC(=O)c1ccc(NC(=O)CCc2cccc(Br)c2)cc1. The molecule has 2 aromatic rings. The molecule has 0 heterocycles. The number of hydrogen-bond donors (Lipinski definition) is 2. The molecule has 7 heteroatoms. The summed E-state index contributed by atoms with van der Waals surface area (Å²) >= 11 is 3.41. The van der Waals surface area contributed by atoms with Crippen LogP contribution in [0.1, 0.15) is 28.8 Å². The second kappa shape index (κ2) is 10.5. The summed E-state index contributed by atoms with van der Waals surface area (Å²) in [5, 5.41) is 5.45. The number of anilines is 1. The van der Waals surface area contributed by atoms with Crippen molar-refractivity contribution in [2.75, 3.05) is 19.0 Å². The van der Waals surface area contributed by atoms with Gasteiger partial charge >= 0.3 is 5.97 Å². The van der Waals surface area contributed by atoms with Gasteiger partial charge in [0.15, 0.2) is 0 Å². The summed E-state index contributed by atoms with van der Waals surface area (Å²) in [5.41, 5.74) is 2.16.